The summed E-state index contributed by atoms with van der Waals surface area (Å²) in [4.78, 5) is 4.30. The molecule has 3 nitrogen and oxygen atoms in total. The fraction of sp³-hybridized carbons (Fsp3) is 0.357. The third-order valence-corrected chi connectivity index (χ3v) is 3.29. The number of nitrogens with zero attached hydrogens (tertiary/aromatic N) is 1. The Morgan fingerprint density at radius 1 is 1.28 bits per heavy atom. The Morgan fingerprint density at radius 2 is 2.00 bits per heavy atom. The van der Waals surface area contributed by atoms with Crippen LogP contribution in [-0.2, 0) is 6.42 Å². The maximum atomic E-state index is 5.74. The highest BCUT2D eigenvalue weighted by molar-refractivity contribution is 14.1. The van der Waals surface area contributed by atoms with Crippen molar-refractivity contribution in [1.82, 2.24) is 10.3 Å². The molecule has 0 amide bonds. The number of nitrogens with one attached hydrogen (secondary N) is 1. The third kappa shape index (κ3) is 3.81. The summed E-state index contributed by atoms with van der Waals surface area (Å²) in [6, 6.07) is 8.74. The molecule has 0 aliphatic rings. The van der Waals surface area contributed by atoms with Gasteiger partial charge in [-0.15, -0.1) is 0 Å². The Morgan fingerprint density at radius 3 is 2.67 bits per heavy atom. The van der Waals surface area contributed by atoms with E-state index < -0.39 is 0 Å². The first-order valence-corrected chi connectivity index (χ1v) is 7.17. The van der Waals surface area contributed by atoms with Gasteiger partial charge in [0.1, 0.15) is 0 Å². The van der Waals surface area contributed by atoms with E-state index in [1.807, 2.05) is 0 Å². The number of halogens is 1. The molecule has 0 bridgehead atoms. The highest BCUT2D eigenvalue weighted by Crippen LogP contribution is 2.21. The molecule has 0 unspecified atom stereocenters. The topological polar surface area (TPSA) is 38.1 Å². The number of aromatic nitrogens is 1. The van der Waals surface area contributed by atoms with Crippen LogP contribution in [0.3, 0.4) is 0 Å². The highest BCUT2D eigenvalue weighted by Gasteiger charge is 2.06. The van der Waals surface area contributed by atoms with Gasteiger partial charge in [-0.25, -0.2) is 4.98 Å². The molecule has 1 aromatic carbocycles. The predicted octanol–water partition coefficient (Wildman–Crippen LogP) is 3.49. The van der Waals surface area contributed by atoms with Crippen molar-refractivity contribution in [3.63, 3.8) is 0 Å². The molecule has 18 heavy (non-hydrogen) atoms. The second-order valence-electron chi connectivity index (χ2n) is 4.48. The van der Waals surface area contributed by atoms with E-state index in [9.17, 15) is 0 Å². The van der Waals surface area contributed by atoms with Gasteiger partial charge in [-0.05, 0) is 34.7 Å². The van der Waals surface area contributed by atoms with E-state index in [0.29, 0.717) is 6.04 Å². The molecule has 4 heteroatoms. The maximum Gasteiger partial charge on any atom is 0.196 e. The molecule has 0 atom stereocenters. The average Bonchev–Trinajstić information content (AvgIpc) is 2.78. The average molecular weight is 356 g/mol. The molecule has 1 N–H and O–H groups in total. The van der Waals surface area contributed by atoms with Gasteiger partial charge in [0, 0.05) is 28.1 Å². The van der Waals surface area contributed by atoms with Crippen LogP contribution in [0.1, 0.15) is 19.7 Å². The van der Waals surface area contributed by atoms with Crippen molar-refractivity contribution in [3.05, 3.63) is 39.9 Å². The monoisotopic (exact) mass is 356 g/mol. The van der Waals surface area contributed by atoms with E-state index in [1.165, 1.54) is 3.57 Å². The summed E-state index contributed by atoms with van der Waals surface area (Å²) in [6.07, 6.45) is 2.62. The van der Waals surface area contributed by atoms with Gasteiger partial charge in [0.2, 0.25) is 0 Å². The van der Waals surface area contributed by atoms with Crippen LogP contribution in [0.4, 0.5) is 0 Å². The zero-order chi connectivity index (χ0) is 13.0. The predicted molar refractivity (Wildman–Crippen MR) is 81.5 cm³/mol. The molecule has 1 aromatic heterocycles. The quantitative estimate of drug-likeness (QED) is 0.834. The summed E-state index contributed by atoms with van der Waals surface area (Å²) in [5.41, 5.74) is 1.07. The summed E-state index contributed by atoms with van der Waals surface area (Å²) in [5.74, 6) is 1.63. The van der Waals surface area contributed by atoms with Crippen molar-refractivity contribution in [2.24, 2.45) is 0 Å². The molecule has 0 aliphatic carbocycles. The van der Waals surface area contributed by atoms with Crippen LogP contribution in [0.15, 0.2) is 34.9 Å². The van der Waals surface area contributed by atoms with Crippen LogP contribution in [-0.4, -0.2) is 17.6 Å². The first-order valence-electron chi connectivity index (χ1n) is 6.09. The van der Waals surface area contributed by atoms with Crippen molar-refractivity contribution in [2.45, 2.75) is 26.3 Å². The zero-order valence-corrected chi connectivity index (χ0v) is 12.8. The van der Waals surface area contributed by atoms with E-state index in [2.05, 4.69) is 71.0 Å². The molecule has 0 spiro atoms. The Bertz CT molecular complexity index is 491. The van der Waals surface area contributed by atoms with Crippen molar-refractivity contribution < 1.29 is 4.42 Å². The van der Waals surface area contributed by atoms with Crippen LogP contribution in [0.2, 0.25) is 0 Å². The Hall–Kier alpha value is -0.880. The van der Waals surface area contributed by atoms with Crippen LogP contribution in [0.25, 0.3) is 11.3 Å². The molecule has 2 aromatic rings. The lowest BCUT2D eigenvalue weighted by atomic mass is 10.2. The highest BCUT2D eigenvalue weighted by atomic mass is 127. The third-order valence-electron chi connectivity index (χ3n) is 2.57. The van der Waals surface area contributed by atoms with Crippen molar-refractivity contribution in [1.29, 1.82) is 0 Å². The molecule has 0 aliphatic heterocycles. The van der Waals surface area contributed by atoms with E-state index in [1.54, 1.807) is 6.20 Å². The molecule has 0 fully saturated rings. The minimum atomic E-state index is 0.496. The first kappa shape index (κ1) is 13.5. The normalized spacial score (nSPS) is 11.1. The second kappa shape index (κ2) is 6.33. The van der Waals surface area contributed by atoms with Gasteiger partial charge >= 0.3 is 0 Å². The van der Waals surface area contributed by atoms with Gasteiger partial charge in [-0.2, -0.15) is 0 Å². The summed E-state index contributed by atoms with van der Waals surface area (Å²) in [5, 5.41) is 3.35. The SMILES string of the molecule is CC(C)NCCc1ncc(-c2ccc(I)cc2)o1. The van der Waals surface area contributed by atoms with Crippen molar-refractivity contribution in [3.8, 4) is 11.3 Å². The summed E-state index contributed by atoms with van der Waals surface area (Å²) >= 11 is 2.29. The van der Waals surface area contributed by atoms with Crippen LogP contribution in [0, 0.1) is 3.57 Å². The molecule has 96 valence electrons. The van der Waals surface area contributed by atoms with Crippen LogP contribution in [0.5, 0.6) is 0 Å². The van der Waals surface area contributed by atoms with E-state index in [4.69, 9.17) is 4.42 Å². The van der Waals surface area contributed by atoms with E-state index in [-0.39, 0.29) is 0 Å². The molecule has 0 saturated carbocycles. The molecule has 1 heterocycles. The van der Waals surface area contributed by atoms with Crippen molar-refractivity contribution >= 4 is 22.6 Å². The van der Waals surface area contributed by atoms with E-state index >= 15 is 0 Å². The summed E-state index contributed by atoms with van der Waals surface area (Å²) in [7, 11) is 0. The zero-order valence-electron chi connectivity index (χ0n) is 10.6. The Kier molecular flexibility index (Phi) is 4.77. The first-order chi connectivity index (χ1) is 8.65. The standard InChI is InChI=1S/C14H17IN2O/c1-10(2)16-8-7-14-17-9-13(18-14)11-3-5-12(15)6-4-11/h3-6,9-10,16H,7-8H2,1-2H3. The lowest BCUT2D eigenvalue weighted by Crippen LogP contribution is -2.24. The van der Waals surface area contributed by atoms with Gasteiger partial charge in [-0.3, -0.25) is 0 Å². The molecular formula is C14H17IN2O. The van der Waals surface area contributed by atoms with Gasteiger partial charge < -0.3 is 9.73 Å². The fourth-order valence-electron chi connectivity index (χ4n) is 1.64. The number of rotatable bonds is 5. The second-order valence-corrected chi connectivity index (χ2v) is 5.73. The minimum Gasteiger partial charge on any atom is -0.441 e. The summed E-state index contributed by atoms with van der Waals surface area (Å²) in [6.45, 7) is 5.16. The van der Waals surface area contributed by atoms with Gasteiger partial charge in [0.25, 0.3) is 0 Å². The summed E-state index contributed by atoms with van der Waals surface area (Å²) < 4.78 is 6.96. The molecule has 0 saturated heterocycles. The van der Waals surface area contributed by atoms with Gasteiger partial charge in [-0.1, -0.05) is 26.0 Å². The molecular weight excluding hydrogens is 339 g/mol. The van der Waals surface area contributed by atoms with Gasteiger partial charge in [0.05, 0.1) is 6.20 Å². The number of hydrogen-bond acceptors (Lipinski definition) is 3. The smallest absolute Gasteiger partial charge is 0.196 e. The van der Waals surface area contributed by atoms with Crippen molar-refractivity contribution in [2.75, 3.05) is 6.54 Å². The number of oxazole rings is 1. The Labute approximate surface area is 121 Å². The lowest BCUT2D eigenvalue weighted by Gasteiger charge is -2.05. The number of benzene rings is 1. The fourth-order valence-corrected chi connectivity index (χ4v) is 2.00. The van der Waals surface area contributed by atoms with E-state index in [0.717, 1.165) is 30.2 Å². The largest absolute Gasteiger partial charge is 0.441 e. The lowest BCUT2D eigenvalue weighted by molar-refractivity contribution is 0.484. The molecule has 0 radical (unpaired) electrons. The van der Waals surface area contributed by atoms with Crippen LogP contribution >= 0.6 is 22.6 Å². The van der Waals surface area contributed by atoms with Gasteiger partial charge in [0.15, 0.2) is 11.7 Å². The van der Waals surface area contributed by atoms with Crippen LogP contribution < -0.4 is 5.32 Å². The number of hydrogen-bond donors (Lipinski definition) is 1. The maximum absolute atomic E-state index is 5.74. The Balaban J connectivity index is 1.99. The minimum absolute atomic E-state index is 0.496. The molecule has 2 rings (SSSR count).